The van der Waals surface area contributed by atoms with Crippen LogP contribution in [0.25, 0.3) is 0 Å². The molecule has 25 heavy (non-hydrogen) atoms. The van der Waals surface area contributed by atoms with Gasteiger partial charge in [-0.15, -0.1) is 10.2 Å². The number of aryl methyl sites for hydroxylation is 2. The summed E-state index contributed by atoms with van der Waals surface area (Å²) in [5.74, 6) is 2.13. The molecule has 0 N–H and O–H groups in total. The Kier molecular flexibility index (Phi) is 6.14. The van der Waals surface area contributed by atoms with Gasteiger partial charge in [-0.05, 0) is 48.8 Å². The first-order valence-electron chi connectivity index (χ1n) is 9.02. The van der Waals surface area contributed by atoms with E-state index in [1.165, 1.54) is 22.3 Å². The molecule has 0 aliphatic heterocycles. The summed E-state index contributed by atoms with van der Waals surface area (Å²) < 4.78 is 5.79. The van der Waals surface area contributed by atoms with Crippen LogP contribution in [-0.2, 0) is 12.2 Å². The lowest BCUT2D eigenvalue weighted by atomic mass is 9.96. The maximum Gasteiger partial charge on any atom is 0.276 e. The standard InChI is InChI=1S/C21H26N2OS/c1-15(2)19-13-18(10-9-16(19)3)14-25-21-23-22-20(24-21)12-11-17-7-5-4-6-8-17/h5,7-10,13,15H,4,6,11-12,14H2,1-3H3. The second-order valence-corrected chi connectivity index (χ2v) is 7.78. The van der Waals surface area contributed by atoms with Gasteiger partial charge in [0, 0.05) is 12.2 Å². The normalized spacial score (nSPS) is 14.2. The molecule has 1 aliphatic rings. The fourth-order valence-corrected chi connectivity index (χ4v) is 3.77. The van der Waals surface area contributed by atoms with Crippen LogP contribution in [-0.4, -0.2) is 10.2 Å². The molecule has 3 nitrogen and oxygen atoms in total. The van der Waals surface area contributed by atoms with Gasteiger partial charge in [0.25, 0.3) is 5.22 Å². The molecule has 1 heterocycles. The molecule has 0 saturated carbocycles. The van der Waals surface area contributed by atoms with E-state index in [9.17, 15) is 0 Å². The van der Waals surface area contributed by atoms with Crippen LogP contribution in [0, 0.1) is 6.92 Å². The van der Waals surface area contributed by atoms with Crippen molar-refractivity contribution in [1.29, 1.82) is 0 Å². The highest BCUT2D eigenvalue weighted by Gasteiger charge is 2.10. The Morgan fingerprint density at radius 1 is 1.16 bits per heavy atom. The molecule has 3 rings (SSSR count). The molecule has 132 valence electrons. The van der Waals surface area contributed by atoms with Crippen molar-refractivity contribution in [1.82, 2.24) is 10.2 Å². The predicted octanol–water partition coefficient (Wildman–Crippen LogP) is 6.00. The second-order valence-electron chi connectivity index (χ2n) is 6.85. The largest absolute Gasteiger partial charge is 0.416 e. The monoisotopic (exact) mass is 354 g/mol. The van der Waals surface area contributed by atoms with Crippen LogP contribution in [0.1, 0.15) is 61.6 Å². The smallest absolute Gasteiger partial charge is 0.276 e. The Labute approximate surface area is 154 Å². The first kappa shape index (κ1) is 18.0. The molecular formula is C21H26N2OS. The Morgan fingerprint density at radius 2 is 2.04 bits per heavy atom. The summed E-state index contributed by atoms with van der Waals surface area (Å²) in [7, 11) is 0. The molecule has 0 radical (unpaired) electrons. The van der Waals surface area contributed by atoms with Crippen LogP contribution in [0.2, 0.25) is 0 Å². The fraction of sp³-hybridized carbons (Fsp3) is 0.429. The van der Waals surface area contributed by atoms with Gasteiger partial charge in [-0.25, -0.2) is 0 Å². The summed E-state index contributed by atoms with van der Waals surface area (Å²) >= 11 is 1.61. The van der Waals surface area contributed by atoms with E-state index in [4.69, 9.17) is 4.42 Å². The van der Waals surface area contributed by atoms with Gasteiger partial charge in [-0.1, -0.05) is 67.6 Å². The molecule has 0 unspecified atom stereocenters. The third-order valence-corrected chi connectivity index (χ3v) is 5.37. The molecule has 0 bridgehead atoms. The predicted molar refractivity (Wildman–Crippen MR) is 104 cm³/mol. The van der Waals surface area contributed by atoms with E-state index in [1.807, 2.05) is 0 Å². The zero-order valence-corrected chi connectivity index (χ0v) is 16.1. The summed E-state index contributed by atoms with van der Waals surface area (Å²) in [5, 5.41) is 9.02. The minimum atomic E-state index is 0.545. The zero-order valence-electron chi connectivity index (χ0n) is 15.3. The molecule has 1 aromatic carbocycles. The van der Waals surface area contributed by atoms with Gasteiger partial charge in [-0.2, -0.15) is 0 Å². The van der Waals surface area contributed by atoms with Crippen molar-refractivity contribution in [3.8, 4) is 0 Å². The van der Waals surface area contributed by atoms with Crippen LogP contribution >= 0.6 is 11.8 Å². The number of rotatable bonds is 7. The molecule has 4 heteroatoms. The summed E-state index contributed by atoms with van der Waals surface area (Å²) in [6.45, 7) is 6.65. The molecule has 0 amide bonds. The molecule has 0 atom stereocenters. The number of aromatic nitrogens is 2. The van der Waals surface area contributed by atoms with Crippen molar-refractivity contribution in [2.24, 2.45) is 0 Å². The van der Waals surface area contributed by atoms with Gasteiger partial charge < -0.3 is 4.42 Å². The topological polar surface area (TPSA) is 38.9 Å². The van der Waals surface area contributed by atoms with Gasteiger partial charge >= 0.3 is 0 Å². The third-order valence-electron chi connectivity index (χ3n) is 4.48. The number of hydrogen-bond acceptors (Lipinski definition) is 4. The lowest BCUT2D eigenvalue weighted by Gasteiger charge is -2.11. The summed E-state index contributed by atoms with van der Waals surface area (Å²) in [5.41, 5.74) is 5.45. The first-order valence-corrected chi connectivity index (χ1v) is 10.0. The second kappa shape index (κ2) is 8.52. The van der Waals surface area contributed by atoms with E-state index in [0.717, 1.165) is 37.3 Å². The fourth-order valence-electron chi connectivity index (χ4n) is 3.05. The van der Waals surface area contributed by atoms with Crippen LogP contribution in [0.4, 0.5) is 0 Å². The van der Waals surface area contributed by atoms with Gasteiger partial charge in [0.1, 0.15) is 0 Å². The van der Waals surface area contributed by atoms with Crippen molar-refractivity contribution in [3.63, 3.8) is 0 Å². The number of nitrogens with zero attached hydrogens (tertiary/aromatic N) is 2. The van der Waals surface area contributed by atoms with Crippen LogP contribution in [0.15, 0.2) is 51.6 Å². The van der Waals surface area contributed by atoms with Crippen molar-refractivity contribution >= 4 is 11.8 Å². The third kappa shape index (κ3) is 5.08. The van der Waals surface area contributed by atoms with Crippen LogP contribution < -0.4 is 0 Å². The molecule has 1 aliphatic carbocycles. The average molecular weight is 355 g/mol. The molecular weight excluding hydrogens is 328 g/mol. The van der Waals surface area contributed by atoms with Crippen molar-refractivity contribution in [2.45, 2.75) is 63.3 Å². The lowest BCUT2D eigenvalue weighted by molar-refractivity contribution is 0.413. The summed E-state index contributed by atoms with van der Waals surface area (Å²) in [4.78, 5) is 0. The highest BCUT2D eigenvalue weighted by molar-refractivity contribution is 7.98. The number of hydrogen-bond donors (Lipinski definition) is 0. The minimum Gasteiger partial charge on any atom is -0.416 e. The van der Waals surface area contributed by atoms with E-state index in [0.29, 0.717) is 11.1 Å². The Balaban J connectivity index is 1.54. The number of benzene rings is 1. The van der Waals surface area contributed by atoms with Gasteiger partial charge in [0.2, 0.25) is 5.89 Å². The van der Waals surface area contributed by atoms with Crippen molar-refractivity contribution in [2.75, 3.05) is 0 Å². The average Bonchev–Trinajstić information content (AvgIpc) is 3.08. The van der Waals surface area contributed by atoms with Gasteiger partial charge in [0.15, 0.2) is 0 Å². The molecule has 0 spiro atoms. The number of thioether (sulfide) groups is 1. The van der Waals surface area contributed by atoms with E-state index < -0.39 is 0 Å². The molecule has 1 aromatic heterocycles. The summed E-state index contributed by atoms with van der Waals surface area (Å²) in [6, 6.07) is 6.69. The lowest BCUT2D eigenvalue weighted by Crippen LogP contribution is -1.94. The van der Waals surface area contributed by atoms with E-state index in [2.05, 4.69) is 67.4 Å². The zero-order chi connectivity index (χ0) is 17.6. The summed E-state index contributed by atoms with van der Waals surface area (Å²) in [6.07, 6.45) is 10.8. The minimum absolute atomic E-state index is 0.545. The molecule has 0 fully saturated rings. The van der Waals surface area contributed by atoms with Crippen molar-refractivity contribution in [3.05, 3.63) is 64.6 Å². The Bertz CT molecular complexity index is 774. The van der Waals surface area contributed by atoms with Crippen LogP contribution in [0.3, 0.4) is 0 Å². The highest BCUT2D eigenvalue weighted by atomic mass is 32.2. The molecule has 2 aromatic rings. The quantitative estimate of drug-likeness (QED) is 0.571. The SMILES string of the molecule is Cc1ccc(CSc2nnc(CCC3=CCCC=C3)o2)cc1C(C)C. The van der Waals surface area contributed by atoms with E-state index in [1.54, 1.807) is 11.8 Å². The van der Waals surface area contributed by atoms with Crippen LogP contribution in [0.5, 0.6) is 0 Å². The number of allylic oxidation sites excluding steroid dienone is 4. The van der Waals surface area contributed by atoms with Gasteiger partial charge in [-0.3, -0.25) is 0 Å². The Morgan fingerprint density at radius 3 is 2.80 bits per heavy atom. The first-order chi connectivity index (χ1) is 12.1. The maximum atomic E-state index is 5.79. The van der Waals surface area contributed by atoms with Gasteiger partial charge in [0.05, 0.1) is 0 Å². The highest BCUT2D eigenvalue weighted by Crippen LogP contribution is 2.26. The Hall–Kier alpha value is -1.81. The van der Waals surface area contributed by atoms with Crippen molar-refractivity contribution < 1.29 is 4.42 Å². The maximum absolute atomic E-state index is 5.79. The van der Waals surface area contributed by atoms with E-state index >= 15 is 0 Å². The molecule has 0 saturated heterocycles. The van der Waals surface area contributed by atoms with E-state index in [-0.39, 0.29) is 0 Å².